The average Bonchev–Trinajstić information content (AvgIpc) is 3.10. The molecule has 0 aliphatic carbocycles. The van der Waals surface area contributed by atoms with Crippen LogP contribution in [0.4, 0.5) is 0 Å². The molecule has 1 fully saturated rings. The Kier molecular flexibility index (Phi) is 3.98. The summed E-state index contributed by atoms with van der Waals surface area (Å²) in [5, 5.41) is 12.2. The lowest BCUT2D eigenvalue weighted by Gasteiger charge is -2.32. The fourth-order valence-corrected chi connectivity index (χ4v) is 3.60. The van der Waals surface area contributed by atoms with Crippen molar-refractivity contribution in [2.45, 2.75) is 31.8 Å². The van der Waals surface area contributed by atoms with Gasteiger partial charge in [-0.15, -0.1) is 11.3 Å². The molecule has 0 unspecified atom stereocenters. The summed E-state index contributed by atoms with van der Waals surface area (Å²) < 4.78 is 1.63. The van der Waals surface area contributed by atoms with Crippen LogP contribution in [0.3, 0.4) is 0 Å². The first-order valence-corrected chi connectivity index (χ1v) is 8.06. The lowest BCUT2D eigenvalue weighted by atomic mass is 9.96. The number of rotatable bonds is 3. The van der Waals surface area contributed by atoms with Crippen LogP contribution in [-0.4, -0.2) is 27.6 Å². The van der Waals surface area contributed by atoms with Crippen LogP contribution >= 0.6 is 11.3 Å². The molecular formula is C15H18N4O2S. The molecule has 0 radical (unpaired) electrons. The molecule has 6 nitrogen and oxygen atoms in total. The number of aryl methyl sites for hydroxylation is 2. The number of aromatic nitrogens is 2. The molecule has 0 aromatic carbocycles. The van der Waals surface area contributed by atoms with Gasteiger partial charge in [0.1, 0.15) is 0 Å². The number of hydrogen-bond acceptors (Lipinski definition) is 4. The zero-order chi connectivity index (χ0) is 15.7. The molecule has 2 N–H and O–H groups in total. The van der Waals surface area contributed by atoms with Crippen molar-refractivity contribution in [3.63, 3.8) is 0 Å². The van der Waals surface area contributed by atoms with Gasteiger partial charge in [0.2, 0.25) is 5.91 Å². The smallest absolute Gasteiger partial charge is 0.255 e. The van der Waals surface area contributed by atoms with Crippen molar-refractivity contribution in [3.8, 4) is 0 Å². The van der Waals surface area contributed by atoms with Crippen molar-refractivity contribution in [3.05, 3.63) is 39.8 Å². The van der Waals surface area contributed by atoms with Gasteiger partial charge in [-0.1, -0.05) is 6.07 Å². The number of hydrogen-bond donors (Lipinski definition) is 2. The second-order valence-corrected chi connectivity index (χ2v) is 6.46. The molecule has 1 aliphatic rings. The summed E-state index contributed by atoms with van der Waals surface area (Å²) >= 11 is 1.58. The van der Waals surface area contributed by atoms with Gasteiger partial charge in [0, 0.05) is 24.5 Å². The lowest BCUT2D eigenvalue weighted by molar-refractivity contribution is -0.123. The molecule has 2 atom stereocenters. The van der Waals surface area contributed by atoms with Crippen LogP contribution in [0, 0.1) is 6.92 Å². The van der Waals surface area contributed by atoms with E-state index < -0.39 is 0 Å². The molecule has 2 aromatic heterocycles. The Morgan fingerprint density at radius 2 is 2.36 bits per heavy atom. The number of nitrogens with zero attached hydrogens (tertiary/aromatic N) is 2. The van der Waals surface area contributed by atoms with Crippen molar-refractivity contribution in [1.29, 1.82) is 0 Å². The highest BCUT2D eigenvalue weighted by Crippen LogP contribution is 2.27. The topological polar surface area (TPSA) is 76.0 Å². The summed E-state index contributed by atoms with van der Waals surface area (Å²) in [5.74, 6) is -0.116. The van der Waals surface area contributed by atoms with Crippen LogP contribution in [-0.2, 0) is 11.8 Å². The minimum atomic E-state index is -0.165. The van der Waals surface area contributed by atoms with Crippen molar-refractivity contribution in [2.75, 3.05) is 0 Å². The molecule has 3 heterocycles. The summed E-state index contributed by atoms with van der Waals surface area (Å²) in [6, 6.07) is 3.66. The Morgan fingerprint density at radius 1 is 1.55 bits per heavy atom. The normalized spacial score (nSPS) is 21.5. The zero-order valence-electron chi connectivity index (χ0n) is 12.5. The molecular weight excluding hydrogens is 300 g/mol. The van der Waals surface area contributed by atoms with Gasteiger partial charge >= 0.3 is 0 Å². The van der Waals surface area contributed by atoms with Crippen LogP contribution in [0.2, 0.25) is 0 Å². The average molecular weight is 318 g/mol. The minimum absolute atomic E-state index is 0.0291. The predicted octanol–water partition coefficient (Wildman–Crippen LogP) is 1.54. The number of carbonyl (C=O) groups excluding carboxylic acids is 2. The SMILES string of the molecule is Cc1nn(C)cc1C(=O)N[C@@H]1CCC(=O)N[C@H]1c1cccs1. The van der Waals surface area contributed by atoms with E-state index in [1.54, 1.807) is 29.3 Å². The van der Waals surface area contributed by atoms with Gasteiger partial charge in [-0.3, -0.25) is 14.3 Å². The van der Waals surface area contributed by atoms with Gasteiger partial charge in [0.15, 0.2) is 0 Å². The van der Waals surface area contributed by atoms with Crippen LogP contribution in [0.5, 0.6) is 0 Å². The maximum Gasteiger partial charge on any atom is 0.255 e. The maximum absolute atomic E-state index is 12.5. The van der Waals surface area contributed by atoms with Gasteiger partial charge in [0.05, 0.1) is 23.3 Å². The molecule has 1 aliphatic heterocycles. The molecule has 3 rings (SSSR count). The molecule has 7 heteroatoms. The summed E-state index contributed by atoms with van der Waals surface area (Å²) in [4.78, 5) is 25.2. The fraction of sp³-hybridized carbons (Fsp3) is 0.400. The second-order valence-electron chi connectivity index (χ2n) is 5.48. The van der Waals surface area contributed by atoms with E-state index in [1.165, 1.54) is 0 Å². The molecule has 2 amide bonds. The van der Waals surface area contributed by atoms with Gasteiger partial charge in [-0.05, 0) is 24.8 Å². The van der Waals surface area contributed by atoms with E-state index in [0.717, 1.165) is 4.88 Å². The highest BCUT2D eigenvalue weighted by atomic mass is 32.1. The summed E-state index contributed by atoms with van der Waals surface area (Å²) in [5.41, 5.74) is 1.27. The van der Waals surface area contributed by atoms with Crippen molar-refractivity contribution in [1.82, 2.24) is 20.4 Å². The molecule has 2 aromatic rings. The van der Waals surface area contributed by atoms with E-state index in [0.29, 0.717) is 24.1 Å². The van der Waals surface area contributed by atoms with E-state index in [-0.39, 0.29) is 23.9 Å². The Hall–Kier alpha value is -2.15. The number of nitrogens with one attached hydrogen (secondary N) is 2. The van der Waals surface area contributed by atoms with E-state index >= 15 is 0 Å². The first-order chi connectivity index (χ1) is 10.5. The lowest BCUT2D eigenvalue weighted by Crippen LogP contribution is -2.49. The van der Waals surface area contributed by atoms with Crippen molar-refractivity contribution in [2.24, 2.45) is 7.05 Å². The Labute approximate surface area is 132 Å². The van der Waals surface area contributed by atoms with Crippen LogP contribution in [0.25, 0.3) is 0 Å². The first-order valence-electron chi connectivity index (χ1n) is 7.18. The highest BCUT2D eigenvalue weighted by Gasteiger charge is 2.32. The Balaban J connectivity index is 1.78. The van der Waals surface area contributed by atoms with Crippen LogP contribution in [0.1, 0.15) is 39.8 Å². The molecule has 0 spiro atoms. The zero-order valence-corrected chi connectivity index (χ0v) is 13.3. The summed E-state index contributed by atoms with van der Waals surface area (Å²) in [7, 11) is 1.79. The Morgan fingerprint density at radius 3 is 3.00 bits per heavy atom. The van der Waals surface area contributed by atoms with E-state index in [2.05, 4.69) is 15.7 Å². The number of carbonyl (C=O) groups is 2. The standard InChI is InChI=1S/C15H18N4O2S/c1-9-10(8-19(2)18-9)15(21)16-11-5-6-13(20)17-14(11)12-4-3-7-22-12/h3-4,7-8,11,14H,5-6H2,1-2H3,(H,16,21)(H,17,20)/t11-,14-/m1/s1. The first kappa shape index (κ1) is 14.8. The predicted molar refractivity (Wildman–Crippen MR) is 83.6 cm³/mol. The summed E-state index contributed by atoms with van der Waals surface area (Å²) in [6.07, 6.45) is 2.78. The third-order valence-electron chi connectivity index (χ3n) is 3.83. The Bertz CT molecular complexity index is 692. The second kappa shape index (κ2) is 5.92. The molecule has 0 saturated carbocycles. The maximum atomic E-state index is 12.5. The van der Waals surface area contributed by atoms with Gasteiger partial charge in [0.25, 0.3) is 5.91 Å². The van der Waals surface area contributed by atoms with Gasteiger partial charge < -0.3 is 10.6 Å². The van der Waals surface area contributed by atoms with E-state index in [1.807, 2.05) is 24.4 Å². The van der Waals surface area contributed by atoms with Crippen LogP contribution in [0.15, 0.2) is 23.7 Å². The monoisotopic (exact) mass is 318 g/mol. The van der Waals surface area contributed by atoms with Crippen molar-refractivity contribution >= 4 is 23.2 Å². The van der Waals surface area contributed by atoms with Gasteiger partial charge in [-0.25, -0.2) is 0 Å². The highest BCUT2D eigenvalue weighted by molar-refractivity contribution is 7.10. The third kappa shape index (κ3) is 2.89. The molecule has 1 saturated heterocycles. The number of piperidine rings is 1. The van der Waals surface area contributed by atoms with Crippen molar-refractivity contribution < 1.29 is 9.59 Å². The van der Waals surface area contributed by atoms with Crippen LogP contribution < -0.4 is 10.6 Å². The largest absolute Gasteiger partial charge is 0.347 e. The third-order valence-corrected chi connectivity index (χ3v) is 4.78. The number of thiophene rings is 1. The minimum Gasteiger partial charge on any atom is -0.347 e. The summed E-state index contributed by atoms with van der Waals surface area (Å²) in [6.45, 7) is 1.81. The number of amides is 2. The molecule has 0 bridgehead atoms. The quantitative estimate of drug-likeness (QED) is 0.901. The van der Waals surface area contributed by atoms with E-state index in [4.69, 9.17) is 0 Å². The van der Waals surface area contributed by atoms with Gasteiger partial charge in [-0.2, -0.15) is 5.10 Å². The molecule has 116 valence electrons. The fourth-order valence-electron chi connectivity index (χ4n) is 2.76. The van der Waals surface area contributed by atoms with E-state index in [9.17, 15) is 9.59 Å². The molecule has 22 heavy (non-hydrogen) atoms.